The first-order chi connectivity index (χ1) is 29.3. The van der Waals surface area contributed by atoms with Gasteiger partial charge in [0.1, 0.15) is 30.1 Å². The highest BCUT2D eigenvalue weighted by molar-refractivity contribution is 6.76. The number of anilines is 1. The van der Waals surface area contributed by atoms with Crippen LogP contribution in [0.4, 0.5) is 93.9 Å². The van der Waals surface area contributed by atoms with Gasteiger partial charge in [0, 0.05) is 24.5 Å². The summed E-state index contributed by atoms with van der Waals surface area (Å²) >= 11 is 0. The third-order valence-corrected chi connectivity index (χ3v) is 15.7. The number of amides is 2. The fourth-order valence-corrected chi connectivity index (χ4v) is 10.6. The van der Waals surface area contributed by atoms with Crippen molar-refractivity contribution in [3.8, 4) is 5.75 Å². The van der Waals surface area contributed by atoms with E-state index in [1.165, 1.54) is 70.4 Å². The Bertz CT molecular complexity index is 1970. The number of alkyl halides is 17. The molecule has 8 nitrogen and oxygen atoms in total. The molecule has 0 unspecified atom stereocenters. The van der Waals surface area contributed by atoms with Gasteiger partial charge in [-0.2, -0.15) is 74.6 Å². The van der Waals surface area contributed by atoms with Gasteiger partial charge in [-0.1, -0.05) is 45.9 Å². The van der Waals surface area contributed by atoms with Crippen LogP contribution >= 0.6 is 0 Å². The van der Waals surface area contributed by atoms with Crippen molar-refractivity contribution in [2.45, 2.75) is 118 Å². The summed E-state index contributed by atoms with van der Waals surface area (Å²) in [7, 11) is -4.06. The number of ether oxygens (including phenoxy) is 2. The van der Waals surface area contributed by atoms with Crippen LogP contribution in [0.1, 0.15) is 59.1 Å². The van der Waals surface area contributed by atoms with Crippen molar-refractivity contribution in [2.24, 2.45) is 0 Å². The Hall–Kier alpha value is -4.47. The first-order valence-electron chi connectivity index (χ1n) is 18.4. The molecule has 65 heavy (non-hydrogen) atoms. The third kappa shape index (κ3) is 11.4. The van der Waals surface area contributed by atoms with Crippen LogP contribution in [-0.4, -0.2) is 86.4 Å². The van der Waals surface area contributed by atoms with Crippen molar-refractivity contribution in [3.63, 3.8) is 0 Å². The van der Waals surface area contributed by atoms with Crippen LogP contribution in [0, 0.1) is 11.6 Å². The van der Waals surface area contributed by atoms with Crippen LogP contribution in [0.15, 0.2) is 54.1 Å². The van der Waals surface area contributed by atoms with E-state index in [2.05, 4.69) is 5.32 Å². The second-order valence-corrected chi connectivity index (χ2v) is 19.9. The summed E-state index contributed by atoms with van der Waals surface area (Å²) in [5.74, 6) is -60.1. The van der Waals surface area contributed by atoms with Crippen LogP contribution in [0.5, 0.6) is 5.75 Å². The van der Waals surface area contributed by atoms with E-state index in [9.17, 15) is 93.0 Å². The number of nitrogens with one attached hydrogen (secondary N) is 2. The molecule has 0 aliphatic rings. The van der Waals surface area contributed by atoms with Gasteiger partial charge in [-0.3, -0.25) is 15.3 Å². The minimum absolute atomic E-state index is 0.00591. The molecule has 0 bridgehead atoms. The summed E-state index contributed by atoms with van der Waals surface area (Å²) in [4.78, 5) is 24.4. The van der Waals surface area contributed by atoms with Gasteiger partial charge in [0.25, 0.3) is 5.91 Å². The Morgan fingerprint density at radius 2 is 1.20 bits per heavy atom. The number of benzene rings is 2. The topological polar surface area (TPSA) is 106 Å². The minimum atomic E-state index is -8.73. The fraction of sp³-hybridized carbons (Fsp3) is 0.568. The number of halogens is 19. The highest BCUT2D eigenvalue weighted by Gasteiger charge is 2.95. The van der Waals surface area contributed by atoms with Gasteiger partial charge < -0.3 is 13.9 Å². The molecule has 28 heteroatoms. The molecule has 2 aromatic rings. The molecule has 3 N–H and O–H groups in total. The number of carbonyl (C=O) groups excluding carboxylic acids is 2. The lowest BCUT2D eigenvalue weighted by molar-refractivity contribution is -0.461. The van der Waals surface area contributed by atoms with E-state index in [4.69, 9.17) is 19.1 Å². The van der Waals surface area contributed by atoms with Gasteiger partial charge in [0.2, 0.25) is 0 Å². The Morgan fingerprint density at radius 3 is 1.66 bits per heavy atom. The third-order valence-electron chi connectivity index (χ3n) is 10.1. The minimum Gasteiger partial charge on any atom is -0.491 e. The van der Waals surface area contributed by atoms with E-state index in [1.807, 2.05) is 0 Å². The van der Waals surface area contributed by atoms with Crippen LogP contribution < -0.4 is 15.5 Å². The van der Waals surface area contributed by atoms with E-state index in [-0.39, 0.29) is 23.3 Å². The average molecular weight is 997 g/mol. The van der Waals surface area contributed by atoms with Crippen molar-refractivity contribution in [2.75, 3.05) is 18.5 Å². The second kappa shape index (κ2) is 20.2. The molecule has 0 aliphatic heterocycles. The largest absolute Gasteiger partial charge is 0.491 e. The zero-order valence-corrected chi connectivity index (χ0v) is 35.1. The van der Waals surface area contributed by atoms with Crippen molar-refractivity contribution in [3.05, 3.63) is 71.3 Å². The van der Waals surface area contributed by atoms with Gasteiger partial charge >= 0.3 is 53.7 Å². The quantitative estimate of drug-likeness (QED) is 0.0271. The molecular weight excluding hydrogens is 957 g/mol. The van der Waals surface area contributed by atoms with E-state index in [0.29, 0.717) is 6.07 Å². The SMILES string of the molecule is C/C(=C\C[C@@H](OC(=O)Nc1ccc(F)cc1F)c1ccc(OCCO[Si](CCC(F)(F)C(F)(F)C(F)(F)C(F)(F)C(F)(F)C(F)(F)C(F)(F)C(F)(F)F)(C(C)C)C(C)C)cc1)C(=O)NO. The first kappa shape index (κ1) is 56.7. The molecule has 0 aliphatic carbocycles. The highest BCUT2D eigenvalue weighted by Crippen LogP contribution is 2.64. The Balaban J connectivity index is 2.30. The first-order valence-corrected chi connectivity index (χ1v) is 20.7. The van der Waals surface area contributed by atoms with Gasteiger partial charge in [-0.15, -0.1) is 0 Å². The standard InChI is InChI=1S/C37H39F19N2O6Si/c1-19(2)65(20(3)4,17-14-30(40,41)31(42,43)32(44,45)33(46,47)34(48,49)35(50,51)36(52,53)37(54,55)56)63-16-15-62-24-10-7-22(8-11-24)27(13-6-21(5)28(59)58-61)64-29(60)57-26-12-9-23(38)18-25(26)39/h6-12,18-20,27,61H,13-17H2,1-5H3,(H,57,60)(H,58,59)/b21-6+/t27-/m1/s1. The van der Waals surface area contributed by atoms with Crippen LogP contribution in [0.3, 0.4) is 0 Å². The number of hydrogen-bond acceptors (Lipinski definition) is 6. The summed E-state index contributed by atoms with van der Waals surface area (Å²) in [5, 5.41) is 10.9. The molecule has 2 aromatic carbocycles. The van der Waals surface area contributed by atoms with Crippen molar-refractivity contribution < 1.29 is 112 Å². The van der Waals surface area contributed by atoms with Crippen molar-refractivity contribution in [1.82, 2.24) is 5.48 Å². The molecule has 0 radical (unpaired) electrons. The molecule has 0 saturated heterocycles. The normalized spacial score (nSPS) is 14.7. The number of hydrogen-bond donors (Lipinski definition) is 3. The van der Waals surface area contributed by atoms with Crippen LogP contribution in [0.25, 0.3) is 0 Å². The number of carbonyl (C=O) groups is 2. The lowest BCUT2D eigenvalue weighted by Crippen LogP contribution is -2.74. The molecule has 0 aromatic heterocycles. The predicted octanol–water partition coefficient (Wildman–Crippen LogP) is 12.7. The lowest BCUT2D eigenvalue weighted by Gasteiger charge is -2.44. The van der Waals surface area contributed by atoms with E-state index >= 15 is 0 Å². The van der Waals surface area contributed by atoms with Gasteiger partial charge in [-0.05, 0) is 53.9 Å². The molecule has 370 valence electrons. The summed E-state index contributed by atoms with van der Waals surface area (Å²) in [6.07, 6.45) is -11.9. The van der Waals surface area contributed by atoms with E-state index < -0.39 is 128 Å². The molecule has 0 fully saturated rings. The number of hydroxylamine groups is 1. The van der Waals surface area contributed by atoms with Gasteiger partial charge in [-0.25, -0.2) is 19.1 Å². The van der Waals surface area contributed by atoms with Crippen molar-refractivity contribution in [1.29, 1.82) is 0 Å². The maximum Gasteiger partial charge on any atom is 0.460 e. The molecule has 0 heterocycles. The predicted molar refractivity (Wildman–Crippen MR) is 191 cm³/mol. The molecule has 0 saturated carbocycles. The summed E-state index contributed by atoms with van der Waals surface area (Å²) in [5.41, 5.74) is -0.808. The van der Waals surface area contributed by atoms with E-state index in [1.54, 1.807) is 0 Å². The maximum absolute atomic E-state index is 15.0. The Kier molecular flexibility index (Phi) is 17.6. The summed E-state index contributed by atoms with van der Waals surface area (Å²) in [6, 6.07) is 5.97. The van der Waals surface area contributed by atoms with Gasteiger partial charge in [0.05, 0.1) is 12.3 Å². The molecule has 2 rings (SSSR count). The fourth-order valence-electron chi connectivity index (χ4n) is 6.10. The van der Waals surface area contributed by atoms with E-state index in [0.717, 1.165) is 12.1 Å². The highest BCUT2D eigenvalue weighted by atomic mass is 28.4. The molecular formula is C37H39F19N2O6Si. The maximum atomic E-state index is 15.0. The molecule has 0 spiro atoms. The zero-order chi connectivity index (χ0) is 50.6. The smallest absolute Gasteiger partial charge is 0.460 e. The monoisotopic (exact) mass is 996 g/mol. The second-order valence-electron chi connectivity index (χ2n) is 14.9. The van der Waals surface area contributed by atoms with Gasteiger partial charge in [0.15, 0.2) is 8.32 Å². The molecule has 1 atom stereocenters. The Labute approximate surface area is 357 Å². The number of rotatable bonds is 22. The summed E-state index contributed by atoms with van der Waals surface area (Å²) < 4.78 is 279. The van der Waals surface area contributed by atoms with Crippen molar-refractivity contribution >= 4 is 26.0 Å². The summed E-state index contributed by atoms with van der Waals surface area (Å²) in [6.45, 7) is 5.28. The van der Waals surface area contributed by atoms with Crippen LogP contribution in [0.2, 0.25) is 17.1 Å². The van der Waals surface area contributed by atoms with Crippen LogP contribution in [-0.2, 0) is 14.0 Å². The zero-order valence-electron chi connectivity index (χ0n) is 34.1. The Morgan fingerprint density at radius 1 is 0.708 bits per heavy atom. The lowest BCUT2D eigenvalue weighted by atomic mass is 9.88. The average Bonchev–Trinajstić information content (AvgIpc) is 3.18. The molecule has 2 amide bonds.